The van der Waals surface area contributed by atoms with Gasteiger partial charge in [0.2, 0.25) is 10.0 Å². The number of carbonyl (C=O) groups excluding carboxylic acids is 1. The molecule has 0 saturated carbocycles. The first kappa shape index (κ1) is 23.6. The summed E-state index contributed by atoms with van der Waals surface area (Å²) in [6.45, 7) is 4.98. The summed E-state index contributed by atoms with van der Waals surface area (Å²) in [5, 5.41) is 0. The van der Waals surface area contributed by atoms with Gasteiger partial charge in [-0.25, -0.2) is 8.42 Å². The number of aryl methyl sites for hydroxylation is 1. The lowest BCUT2D eigenvalue weighted by Crippen LogP contribution is -2.42. The fourth-order valence-corrected chi connectivity index (χ4v) is 6.83. The summed E-state index contributed by atoms with van der Waals surface area (Å²) in [5.41, 5.74) is 3.30. The fourth-order valence-electron chi connectivity index (χ4n) is 4.94. The number of nitrogens with zero attached hydrogens (tertiary/aromatic N) is 2. The Balaban J connectivity index is 1.77. The third-order valence-electron chi connectivity index (χ3n) is 6.76. The molecule has 1 fully saturated rings. The van der Waals surface area contributed by atoms with E-state index in [4.69, 9.17) is 9.47 Å². The fraction of sp³-hybridized carbons (Fsp3) is 0.480. The van der Waals surface area contributed by atoms with Crippen molar-refractivity contribution < 1.29 is 22.7 Å². The Bertz CT molecular complexity index is 1160. The number of fused-ring (bicyclic) bond motifs is 1. The monoisotopic (exact) mass is 472 g/mol. The van der Waals surface area contributed by atoms with Gasteiger partial charge in [0.05, 0.1) is 19.9 Å². The smallest absolute Gasteiger partial charge is 0.258 e. The highest BCUT2D eigenvalue weighted by Crippen LogP contribution is 2.39. The minimum atomic E-state index is -3.81. The van der Waals surface area contributed by atoms with Gasteiger partial charge in [0.15, 0.2) is 0 Å². The van der Waals surface area contributed by atoms with Crippen LogP contribution in [0.3, 0.4) is 0 Å². The molecule has 0 spiro atoms. The standard InChI is InChI=1S/C25H32N2O5S/c1-17-10-12-22(32-4)24-20(17)9-7-14-26(24)25(28)19-11-13-21(31-3)23(16-19)33(29,30)27-15-6-5-8-18(27)2/h10-13,16,18H,5-9,14-15H2,1-4H3. The first-order valence-electron chi connectivity index (χ1n) is 11.5. The summed E-state index contributed by atoms with van der Waals surface area (Å²) in [6.07, 6.45) is 4.37. The average Bonchev–Trinajstić information content (AvgIpc) is 2.83. The number of sulfonamides is 1. The van der Waals surface area contributed by atoms with E-state index in [-0.39, 0.29) is 22.6 Å². The molecule has 1 unspecified atom stereocenters. The van der Waals surface area contributed by atoms with Crippen LogP contribution in [0, 0.1) is 6.92 Å². The lowest BCUT2D eigenvalue weighted by molar-refractivity contribution is 0.0984. The zero-order chi connectivity index (χ0) is 23.8. The molecule has 1 saturated heterocycles. The minimum Gasteiger partial charge on any atom is -0.495 e. The Morgan fingerprint density at radius 3 is 2.42 bits per heavy atom. The molecular formula is C25H32N2O5S. The van der Waals surface area contributed by atoms with Crippen molar-refractivity contribution >= 4 is 21.6 Å². The van der Waals surface area contributed by atoms with Gasteiger partial charge in [-0.3, -0.25) is 4.79 Å². The number of anilines is 1. The van der Waals surface area contributed by atoms with Crippen molar-refractivity contribution in [1.29, 1.82) is 0 Å². The molecule has 0 radical (unpaired) electrons. The van der Waals surface area contributed by atoms with Gasteiger partial charge in [0.25, 0.3) is 5.91 Å². The van der Waals surface area contributed by atoms with E-state index in [0.717, 1.165) is 48.9 Å². The van der Waals surface area contributed by atoms with Crippen molar-refractivity contribution in [2.24, 2.45) is 0 Å². The number of piperidine rings is 1. The summed E-state index contributed by atoms with van der Waals surface area (Å²) in [6, 6.07) is 8.47. The Kier molecular flexibility index (Phi) is 6.68. The van der Waals surface area contributed by atoms with Gasteiger partial charge in [0.1, 0.15) is 16.4 Å². The zero-order valence-corrected chi connectivity index (χ0v) is 20.6. The molecule has 0 aromatic heterocycles. The lowest BCUT2D eigenvalue weighted by atomic mass is 9.95. The van der Waals surface area contributed by atoms with E-state index in [1.807, 2.05) is 26.0 Å². The van der Waals surface area contributed by atoms with E-state index in [1.54, 1.807) is 24.1 Å². The molecular weight excluding hydrogens is 440 g/mol. The number of hydrogen-bond acceptors (Lipinski definition) is 5. The third-order valence-corrected chi connectivity index (χ3v) is 8.80. The number of hydrogen-bond donors (Lipinski definition) is 0. The summed E-state index contributed by atoms with van der Waals surface area (Å²) in [5.74, 6) is 0.648. The van der Waals surface area contributed by atoms with Gasteiger partial charge >= 0.3 is 0 Å². The van der Waals surface area contributed by atoms with Crippen LogP contribution in [-0.4, -0.2) is 52.0 Å². The van der Waals surface area contributed by atoms with Crippen LogP contribution in [0.4, 0.5) is 5.69 Å². The van der Waals surface area contributed by atoms with Crippen LogP contribution >= 0.6 is 0 Å². The zero-order valence-electron chi connectivity index (χ0n) is 19.8. The van der Waals surface area contributed by atoms with Crippen LogP contribution in [0.5, 0.6) is 11.5 Å². The number of carbonyl (C=O) groups is 1. The SMILES string of the molecule is COc1ccc(C(=O)N2CCCc3c(C)ccc(OC)c32)cc1S(=O)(=O)N1CCCCC1C. The number of ether oxygens (including phenoxy) is 2. The van der Waals surface area contributed by atoms with E-state index in [0.29, 0.717) is 24.4 Å². The molecule has 1 atom stereocenters. The molecule has 0 aliphatic carbocycles. The number of methoxy groups -OCH3 is 2. The second-order valence-corrected chi connectivity index (χ2v) is 10.7. The Morgan fingerprint density at radius 2 is 1.73 bits per heavy atom. The van der Waals surface area contributed by atoms with Crippen LogP contribution in [-0.2, 0) is 16.4 Å². The molecule has 0 N–H and O–H groups in total. The molecule has 8 heteroatoms. The third kappa shape index (κ3) is 4.22. The Morgan fingerprint density at radius 1 is 1.00 bits per heavy atom. The highest BCUT2D eigenvalue weighted by molar-refractivity contribution is 7.89. The topological polar surface area (TPSA) is 76.1 Å². The van der Waals surface area contributed by atoms with Crippen molar-refractivity contribution in [3.8, 4) is 11.5 Å². The summed E-state index contributed by atoms with van der Waals surface area (Å²) in [4.78, 5) is 15.4. The average molecular weight is 473 g/mol. The van der Waals surface area contributed by atoms with Crippen LogP contribution in [0.1, 0.15) is 54.1 Å². The van der Waals surface area contributed by atoms with Crippen molar-refractivity contribution in [3.05, 3.63) is 47.0 Å². The first-order chi connectivity index (χ1) is 15.8. The second kappa shape index (κ2) is 9.35. The maximum Gasteiger partial charge on any atom is 0.258 e. The molecule has 0 bridgehead atoms. The molecule has 2 aliphatic rings. The highest BCUT2D eigenvalue weighted by Gasteiger charge is 2.35. The van der Waals surface area contributed by atoms with Gasteiger partial charge in [-0.05, 0) is 74.9 Å². The summed E-state index contributed by atoms with van der Waals surface area (Å²) >= 11 is 0. The Hall–Kier alpha value is -2.58. The normalized spacial score (nSPS) is 19.2. The molecule has 2 aliphatic heterocycles. The summed E-state index contributed by atoms with van der Waals surface area (Å²) < 4.78 is 39.6. The van der Waals surface area contributed by atoms with E-state index in [2.05, 4.69) is 0 Å². The second-order valence-electron chi connectivity index (χ2n) is 8.80. The Labute approximate surface area is 196 Å². The minimum absolute atomic E-state index is 0.0399. The van der Waals surface area contributed by atoms with Crippen LogP contribution in [0.25, 0.3) is 0 Å². The molecule has 33 heavy (non-hydrogen) atoms. The predicted molar refractivity (Wildman–Crippen MR) is 128 cm³/mol. The molecule has 1 amide bonds. The number of amides is 1. The van der Waals surface area contributed by atoms with E-state index < -0.39 is 10.0 Å². The molecule has 178 valence electrons. The highest BCUT2D eigenvalue weighted by atomic mass is 32.2. The van der Waals surface area contributed by atoms with Gasteiger partial charge in [-0.1, -0.05) is 12.5 Å². The van der Waals surface area contributed by atoms with Gasteiger partial charge < -0.3 is 14.4 Å². The maximum atomic E-state index is 13.7. The van der Waals surface area contributed by atoms with Crippen molar-refractivity contribution in [2.75, 3.05) is 32.2 Å². The molecule has 2 heterocycles. The van der Waals surface area contributed by atoms with Crippen LogP contribution in [0.2, 0.25) is 0 Å². The predicted octanol–water partition coefficient (Wildman–Crippen LogP) is 4.17. The van der Waals surface area contributed by atoms with Crippen LogP contribution in [0.15, 0.2) is 35.2 Å². The first-order valence-corrected chi connectivity index (χ1v) is 12.9. The summed E-state index contributed by atoms with van der Waals surface area (Å²) in [7, 11) is -0.762. The molecule has 2 aromatic carbocycles. The van der Waals surface area contributed by atoms with Gasteiger partial charge in [-0.15, -0.1) is 0 Å². The van der Waals surface area contributed by atoms with E-state index in [9.17, 15) is 13.2 Å². The molecule has 2 aromatic rings. The van der Waals surface area contributed by atoms with E-state index >= 15 is 0 Å². The lowest BCUT2D eigenvalue weighted by Gasteiger charge is -2.33. The van der Waals surface area contributed by atoms with Gasteiger partial charge in [-0.2, -0.15) is 4.31 Å². The van der Waals surface area contributed by atoms with Gasteiger partial charge in [0, 0.05) is 24.7 Å². The van der Waals surface area contributed by atoms with Crippen LogP contribution < -0.4 is 14.4 Å². The number of rotatable bonds is 5. The van der Waals surface area contributed by atoms with Crippen molar-refractivity contribution in [2.45, 2.75) is 56.9 Å². The van der Waals surface area contributed by atoms with Crippen molar-refractivity contribution in [1.82, 2.24) is 4.31 Å². The quantitative estimate of drug-likeness (QED) is 0.653. The maximum absolute atomic E-state index is 13.7. The van der Waals surface area contributed by atoms with E-state index in [1.165, 1.54) is 17.5 Å². The van der Waals surface area contributed by atoms with Crippen molar-refractivity contribution in [3.63, 3.8) is 0 Å². The largest absolute Gasteiger partial charge is 0.495 e. The molecule has 4 rings (SSSR count). The molecule has 7 nitrogen and oxygen atoms in total. The number of benzene rings is 2.